The van der Waals surface area contributed by atoms with Gasteiger partial charge in [0.1, 0.15) is 0 Å². The van der Waals surface area contributed by atoms with Gasteiger partial charge in [0.25, 0.3) is 0 Å². The molecule has 0 saturated carbocycles. The number of hydrogen-bond donors (Lipinski definition) is 2. The van der Waals surface area contributed by atoms with E-state index in [4.69, 9.17) is 4.74 Å². The molecule has 22 heavy (non-hydrogen) atoms. The molecule has 0 saturated heterocycles. The van der Waals surface area contributed by atoms with E-state index in [2.05, 4.69) is 19.2 Å². The first kappa shape index (κ1) is 18.3. The second kappa shape index (κ2) is 10.1. The van der Waals surface area contributed by atoms with E-state index in [-0.39, 0.29) is 11.7 Å². The summed E-state index contributed by atoms with van der Waals surface area (Å²) in [5.41, 5.74) is 0.649. The second-order valence-electron chi connectivity index (χ2n) is 5.90. The van der Waals surface area contributed by atoms with Crippen LogP contribution in [0.15, 0.2) is 18.2 Å². The fraction of sp³-hybridized carbons (Fsp3) is 0.611. The maximum Gasteiger partial charge on any atom is 0.224 e. The molecule has 1 aromatic rings. The number of anilines is 1. The molecule has 0 heterocycles. The van der Waals surface area contributed by atoms with Crippen molar-refractivity contribution in [1.29, 1.82) is 0 Å². The summed E-state index contributed by atoms with van der Waals surface area (Å²) in [7, 11) is 1.49. The molecule has 0 aromatic heterocycles. The monoisotopic (exact) mass is 307 g/mol. The Morgan fingerprint density at radius 1 is 1.27 bits per heavy atom. The Morgan fingerprint density at radius 3 is 2.68 bits per heavy atom. The molecule has 1 aromatic carbocycles. The van der Waals surface area contributed by atoms with Crippen molar-refractivity contribution in [2.24, 2.45) is 5.92 Å². The summed E-state index contributed by atoms with van der Waals surface area (Å²) < 4.78 is 5.02. The van der Waals surface area contributed by atoms with Crippen LogP contribution in [0.2, 0.25) is 0 Å². The third kappa shape index (κ3) is 6.83. The molecule has 0 aliphatic rings. The highest BCUT2D eigenvalue weighted by Gasteiger charge is 2.06. The number of phenolic OH excluding ortho intramolecular Hbond substituents is 1. The Morgan fingerprint density at radius 2 is 2.00 bits per heavy atom. The number of rotatable bonds is 10. The van der Waals surface area contributed by atoms with Gasteiger partial charge in [0, 0.05) is 18.2 Å². The van der Waals surface area contributed by atoms with E-state index >= 15 is 0 Å². The van der Waals surface area contributed by atoms with Gasteiger partial charge in [-0.25, -0.2) is 0 Å². The van der Waals surface area contributed by atoms with Gasteiger partial charge in [0.05, 0.1) is 7.11 Å². The van der Waals surface area contributed by atoms with Gasteiger partial charge in [-0.2, -0.15) is 0 Å². The van der Waals surface area contributed by atoms with E-state index in [9.17, 15) is 9.90 Å². The van der Waals surface area contributed by atoms with Gasteiger partial charge in [0.2, 0.25) is 5.91 Å². The molecule has 124 valence electrons. The summed E-state index contributed by atoms with van der Waals surface area (Å²) in [5, 5.41) is 12.3. The van der Waals surface area contributed by atoms with Gasteiger partial charge in [-0.3, -0.25) is 4.79 Å². The minimum Gasteiger partial charge on any atom is -0.504 e. The van der Waals surface area contributed by atoms with Crippen molar-refractivity contribution in [2.45, 2.75) is 58.8 Å². The number of benzene rings is 1. The Balaban J connectivity index is 2.21. The minimum atomic E-state index is 0.00895. The maximum absolute atomic E-state index is 11.9. The van der Waals surface area contributed by atoms with Gasteiger partial charge in [0.15, 0.2) is 11.5 Å². The van der Waals surface area contributed by atoms with Crippen molar-refractivity contribution in [3.05, 3.63) is 18.2 Å². The molecule has 2 N–H and O–H groups in total. The minimum absolute atomic E-state index is 0.00895. The Labute approximate surface area is 133 Å². The highest BCUT2D eigenvalue weighted by molar-refractivity contribution is 5.91. The van der Waals surface area contributed by atoms with Crippen LogP contribution in [0, 0.1) is 5.92 Å². The van der Waals surface area contributed by atoms with Crippen LogP contribution in [0.25, 0.3) is 0 Å². The number of carbonyl (C=O) groups is 1. The number of methoxy groups -OCH3 is 1. The normalized spacial score (nSPS) is 12.0. The quantitative estimate of drug-likeness (QED) is 0.485. The van der Waals surface area contributed by atoms with Crippen LogP contribution in [-0.4, -0.2) is 18.1 Å². The molecule has 4 heteroatoms. The molecule has 1 rings (SSSR count). The second-order valence-corrected chi connectivity index (χ2v) is 5.90. The summed E-state index contributed by atoms with van der Waals surface area (Å²) in [4.78, 5) is 11.9. The van der Waals surface area contributed by atoms with Crippen molar-refractivity contribution in [1.82, 2.24) is 0 Å². The van der Waals surface area contributed by atoms with Crippen LogP contribution in [0.5, 0.6) is 11.5 Å². The molecule has 1 unspecified atom stereocenters. The predicted molar refractivity (Wildman–Crippen MR) is 90.4 cm³/mol. The molecule has 4 nitrogen and oxygen atoms in total. The Hall–Kier alpha value is -1.71. The molecule has 0 bridgehead atoms. The van der Waals surface area contributed by atoms with Gasteiger partial charge in [-0.15, -0.1) is 0 Å². The zero-order valence-electron chi connectivity index (χ0n) is 14.0. The van der Waals surface area contributed by atoms with Crippen molar-refractivity contribution in [3.8, 4) is 11.5 Å². The van der Waals surface area contributed by atoms with Crippen LogP contribution >= 0.6 is 0 Å². The number of ether oxygens (including phenoxy) is 1. The predicted octanol–water partition coefficient (Wildman–Crippen LogP) is 4.73. The summed E-state index contributed by atoms with van der Waals surface area (Å²) in [6.45, 7) is 4.52. The molecule has 0 aliphatic carbocycles. The highest BCUT2D eigenvalue weighted by Crippen LogP contribution is 2.28. The molecule has 1 atom stereocenters. The van der Waals surface area contributed by atoms with Crippen molar-refractivity contribution < 1.29 is 14.6 Å². The lowest BCUT2D eigenvalue weighted by Crippen LogP contribution is -2.11. The SMILES string of the molecule is CCC(C)CCCCCCC(=O)Nc1ccc(O)c(OC)c1. The Bertz CT molecular complexity index is 460. The summed E-state index contributed by atoms with van der Waals surface area (Å²) in [5.74, 6) is 1.26. The van der Waals surface area contributed by atoms with E-state index < -0.39 is 0 Å². The van der Waals surface area contributed by atoms with Crippen LogP contribution in [-0.2, 0) is 4.79 Å². The van der Waals surface area contributed by atoms with Crippen LogP contribution in [0.4, 0.5) is 5.69 Å². The average Bonchev–Trinajstić information content (AvgIpc) is 2.52. The summed E-state index contributed by atoms with van der Waals surface area (Å²) >= 11 is 0. The molecule has 1 amide bonds. The molecule has 0 aliphatic heterocycles. The van der Waals surface area contributed by atoms with Crippen LogP contribution in [0.1, 0.15) is 58.8 Å². The van der Waals surface area contributed by atoms with Gasteiger partial charge in [-0.1, -0.05) is 46.0 Å². The maximum atomic E-state index is 11.9. The molecule has 0 radical (unpaired) electrons. The van der Waals surface area contributed by atoms with E-state index in [1.54, 1.807) is 12.1 Å². The van der Waals surface area contributed by atoms with E-state index in [0.29, 0.717) is 17.9 Å². The number of nitrogens with one attached hydrogen (secondary N) is 1. The van der Waals surface area contributed by atoms with Gasteiger partial charge in [-0.05, 0) is 24.5 Å². The largest absolute Gasteiger partial charge is 0.504 e. The molecule has 0 spiro atoms. The lowest BCUT2D eigenvalue weighted by molar-refractivity contribution is -0.116. The third-order valence-corrected chi connectivity index (χ3v) is 4.01. The van der Waals surface area contributed by atoms with Gasteiger partial charge < -0.3 is 15.2 Å². The third-order valence-electron chi connectivity index (χ3n) is 4.01. The first-order chi connectivity index (χ1) is 10.6. The number of unbranched alkanes of at least 4 members (excludes halogenated alkanes) is 3. The van der Waals surface area contributed by atoms with Gasteiger partial charge >= 0.3 is 0 Å². The number of carbonyl (C=O) groups excluding carboxylic acids is 1. The van der Waals surface area contributed by atoms with Crippen molar-refractivity contribution in [2.75, 3.05) is 12.4 Å². The summed E-state index contributed by atoms with van der Waals surface area (Å²) in [6.07, 6.45) is 7.54. The van der Waals surface area contributed by atoms with Crippen LogP contribution in [0.3, 0.4) is 0 Å². The first-order valence-electron chi connectivity index (χ1n) is 8.23. The standard InChI is InChI=1S/C18H29NO3/c1-4-14(2)9-7-5-6-8-10-18(21)19-15-11-12-16(20)17(13-15)22-3/h11-14,20H,4-10H2,1-3H3,(H,19,21). The van der Waals surface area contributed by atoms with E-state index in [0.717, 1.165) is 18.8 Å². The topological polar surface area (TPSA) is 58.6 Å². The molecule has 0 fully saturated rings. The van der Waals surface area contributed by atoms with Crippen molar-refractivity contribution in [3.63, 3.8) is 0 Å². The number of amides is 1. The lowest BCUT2D eigenvalue weighted by atomic mass is 10.00. The fourth-order valence-corrected chi connectivity index (χ4v) is 2.31. The summed E-state index contributed by atoms with van der Waals surface area (Å²) in [6, 6.07) is 4.81. The number of phenols is 1. The number of aromatic hydroxyl groups is 1. The smallest absolute Gasteiger partial charge is 0.224 e. The highest BCUT2D eigenvalue weighted by atomic mass is 16.5. The molecular formula is C18H29NO3. The average molecular weight is 307 g/mol. The molecular weight excluding hydrogens is 278 g/mol. The zero-order valence-corrected chi connectivity index (χ0v) is 14.0. The fourth-order valence-electron chi connectivity index (χ4n) is 2.31. The van der Waals surface area contributed by atoms with Crippen LogP contribution < -0.4 is 10.1 Å². The zero-order chi connectivity index (χ0) is 16.4. The van der Waals surface area contributed by atoms with E-state index in [1.165, 1.54) is 38.9 Å². The van der Waals surface area contributed by atoms with Crippen molar-refractivity contribution >= 4 is 11.6 Å². The number of hydrogen-bond acceptors (Lipinski definition) is 3. The lowest BCUT2D eigenvalue weighted by Gasteiger charge is -2.09. The van der Waals surface area contributed by atoms with E-state index in [1.807, 2.05) is 0 Å². The Kier molecular flexibility index (Phi) is 8.41. The first-order valence-corrected chi connectivity index (χ1v) is 8.23.